The van der Waals surface area contributed by atoms with Gasteiger partial charge in [0.2, 0.25) is 5.95 Å². The van der Waals surface area contributed by atoms with Gasteiger partial charge in [0.1, 0.15) is 5.01 Å². The van der Waals surface area contributed by atoms with Crippen LogP contribution in [0.4, 0.5) is 5.95 Å². The van der Waals surface area contributed by atoms with Crippen LogP contribution in [0.1, 0.15) is 37.7 Å². The maximum absolute atomic E-state index is 4.35. The molecular formula is C12H18N4S. The van der Waals surface area contributed by atoms with Gasteiger partial charge in [-0.3, -0.25) is 0 Å². The van der Waals surface area contributed by atoms with Crippen molar-refractivity contribution in [3.8, 4) is 0 Å². The van der Waals surface area contributed by atoms with Crippen LogP contribution < -0.4 is 5.32 Å². The third-order valence-electron chi connectivity index (χ3n) is 2.64. The molecule has 92 valence electrons. The predicted octanol–water partition coefficient (Wildman–Crippen LogP) is 3.31. The molecule has 2 rings (SSSR count). The number of nitrogens with zero attached hydrogens (tertiary/aromatic N) is 3. The van der Waals surface area contributed by atoms with Crippen molar-refractivity contribution in [1.82, 2.24) is 14.5 Å². The molecule has 0 aliphatic rings. The molecule has 2 heterocycles. The molecule has 17 heavy (non-hydrogen) atoms. The smallest absolute Gasteiger partial charge is 0.203 e. The molecule has 0 radical (unpaired) electrons. The number of rotatable bonds is 6. The zero-order valence-electron chi connectivity index (χ0n) is 10.3. The Bertz CT molecular complexity index is 435. The van der Waals surface area contributed by atoms with Gasteiger partial charge in [-0.2, -0.15) is 0 Å². The van der Waals surface area contributed by atoms with Crippen LogP contribution in [-0.2, 0) is 6.54 Å². The Labute approximate surface area is 106 Å². The Morgan fingerprint density at radius 2 is 2.29 bits per heavy atom. The first-order valence-corrected chi connectivity index (χ1v) is 6.86. The number of aromatic nitrogens is 3. The first-order chi connectivity index (χ1) is 8.31. The molecule has 5 heteroatoms. The summed E-state index contributed by atoms with van der Waals surface area (Å²) in [5, 5.41) is 6.49. The molecule has 0 saturated carbocycles. The Morgan fingerprint density at radius 1 is 1.41 bits per heavy atom. The number of hydrogen-bond donors (Lipinski definition) is 1. The summed E-state index contributed by atoms with van der Waals surface area (Å²) in [7, 11) is 0. The lowest BCUT2D eigenvalue weighted by Gasteiger charge is -2.13. The summed E-state index contributed by atoms with van der Waals surface area (Å²) in [6, 6.07) is 0.206. The first kappa shape index (κ1) is 12.1. The minimum Gasteiger partial charge on any atom is -0.347 e. The average molecular weight is 250 g/mol. The molecule has 0 fully saturated rings. The lowest BCUT2D eigenvalue weighted by Crippen LogP contribution is -2.11. The van der Waals surface area contributed by atoms with Gasteiger partial charge in [-0.15, -0.1) is 11.3 Å². The molecular weight excluding hydrogens is 232 g/mol. The van der Waals surface area contributed by atoms with Gasteiger partial charge in [0.15, 0.2) is 0 Å². The van der Waals surface area contributed by atoms with E-state index in [9.17, 15) is 0 Å². The lowest BCUT2D eigenvalue weighted by molar-refractivity contribution is 0.630. The number of imidazole rings is 1. The van der Waals surface area contributed by atoms with Gasteiger partial charge >= 0.3 is 0 Å². The van der Waals surface area contributed by atoms with Crippen molar-refractivity contribution in [2.45, 2.75) is 39.3 Å². The quantitative estimate of drug-likeness (QED) is 0.855. The monoisotopic (exact) mass is 250 g/mol. The predicted molar refractivity (Wildman–Crippen MR) is 71.3 cm³/mol. The van der Waals surface area contributed by atoms with E-state index >= 15 is 0 Å². The van der Waals surface area contributed by atoms with Gasteiger partial charge in [0, 0.05) is 30.5 Å². The molecule has 0 bridgehead atoms. The van der Waals surface area contributed by atoms with Crippen LogP contribution in [0.5, 0.6) is 0 Å². The van der Waals surface area contributed by atoms with E-state index < -0.39 is 0 Å². The standard InChI is InChI=1S/C12H18N4S/c1-3-4-7-16-8-5-14-12(16)15-10(2)11-13-6-9-17-11/h5-6,8-10H,3-4,7H2,1-2H3,(H,14,15). The highest BCUT2D eigenvalue weighted by Crippen LogP contribution is 2.19. The summed E-state index contributed by atoms with van der Waals surface area (Å²) >= 11 is 1.67. The summed E-state index contributed by atoms with van der Waals surface area (Å²) in [6.45, 7) is 5.32. The molecule has 1 N–H and O–H groups in total. The minimum atomic E-state index is 0.206. The molecule has 0 spiro atoms. The van der Waals surface area contributed by atoms with Gasteiger partial charge in [-0.25, -0.2) is 9.97 Å². The van der Waals surface area contributed by atoms with E-state index in [2.05, 4.69) is 33.7 Å². The maximum atomic E-state index is 4.35. The lowest BCUT2D eigenvalue weighted by atomic mass is 10.3. The fraction of sp³-hybridized carbons (Fsp3) is 0.500. The molecule has 2 aromatic heterocycles. The number of thiazole rings is 1. The zero-order chi connectivity index (χ0) is 12.1. The van der Waals surface area contributed by atoms with Crippen molar-refractivity contribution in [3.05, 3.63) is 29.0 Å². The second-order valence-electron chi connectivity index (χ2n) is 4.03. The Morgan fingerprint density at radius 3 is 3.00 bits per heavy atom. The van der Waals surface area contributed by atoms with E-state index in [0.717, 1.165) is 17.5 Å². The topological polar surface area (TPSA) is 42.7 Å². The summed E-state index contributed by atoms with van der Waals surface area (Å²) in [5.41, 5.74) is 0. The van der Waals surface area contributed by atoms with Crippen molar-refractivity contribution in [1.29, 1.82) is 0 Å². The Balaban J connectivity index is 2.00. The van der Waals surface area contributed by atoms with E-state index in [1.807, 2.05) is 24.0 Å². The van der Waals surface area contributed by atoms with E-state index in [1.165, 1.54) is 12.8 Å². The number of anilines is 1. The minimum absolute atomic E-state index is 0.206. The summed E-state index contributed by atoms with van der Waals surface area (Å²) in [4.78, 5) is 8.66. The van der Waals surface area contributed by atoms with Gasteiger partial charge in [0.25, 0.3) is 0 Å². The molecule has 0 aliphatic carbocycles. The SMILES string of the molecule is CCCCn1ccnc1NC(C)c1nccs1. The zero-order valence-corrected chi connectivity index (χ0v) is 11.1. The number of nitrogens with one attached hydrogen (secondary N) is 1. The number of unbranched alkanes of at least 4 members (excludes halogenated alkanes) is 1. The Hall–Kier alpha value is -1.36. The highest BCUT2D eigenvalue weighted by molar-refractivity contribution is 7.09. The van der Waals surface area contributed by atoms with Gasteiger partial charge in [0.05, 0.1) is 6.04 Å². The molecule has 0 aliphatic heterocycles. The normalized spacial score (nSPS) is 12.6. The van der Waals surface area contributed by atoms with Gasteiger partial charge in [-0.1, -0.05) is 13.3 Å². The van der Waals surface area contributed by atoms with E-state index in [-0.39, 0.29) is 6.04 Å². The molecule has 4 nitrogen and oxygen atoms in total. The van der Waals surface area contributed by atoms with E-state index in [0.29, 0.717) is 0 Å². The van der Waals surface area contributed by atoms with Crippen LogP contribution in [0.3, 0.4) is 0 Å². The van der Waals surface area contributed by atoms with Crippen molar-refractivity contribution in [2.24, 2.45) is 0 Å². The fourth-order valence-corrected chi connectivity index (χ4v) is 2.31. The van der Waals surface area contributed by atoms with Gasteiger partial charge in [-0.05, 0) is 13.3 Å². The highest BCUT2D eigenvalue weighted by Gasteiger charge is 2.10. The summed E-state index contributed by atoms with van der Waals surface area (Å²) in [5.74, 6) is 0.932. The molecule has 0 amide bonds. The first-order valence-electron chi connectivity index (χ1n) is 5.98. The van der Waals surface area contributed by atoms with Crippen molar-refractivity contribution in [2.75, 3.05) is 5.32 Å². The van der Waals surface area contributed by atoms with E-state index in [1.54, 1.807) is 11.3 Å². The van der Waals surface area contributed by atoms with Crippen molar-refractivity contribution >= 4 is 17.3 Å². The van der Waals surface area contributed by atoms with Crippen LogP contribution >= 0.6 is 11.3 Å². The number of aryl methyl sites for hydroxylation is 1. The van der Waals surface area contributed by atoms with Crippen LogP contribution in [0.2, 0.25) is 0 Å². The third kappa shape index (κ3) is 3.06. The molecule has 1 atom stereocenters. The summed E-state index contributed by atoms with van der Waals surface area (Å²) < 4.78 is 2.16. The second kappa shape index (κ2) is 5.82. The summed E-state index contributed by atoms with van der Waals surface area (Å²) in [6.07, 6.45) is 8.07. The van der Waals surface area contributed by atoms with Crippen molar-refractivity contribution in [3.63, 3.8) is 0 Å². The van der Waals surface area contributed by atoms with Crippen molar-refractivity contribution < 1.29 is 0 Å². The average Bonchev–Trinajstić information content (AvgIpc) is 2.97. The second-order valence-corrected chi connectivity index (χ2v) is 4.96. The van der Waals surface area contributed by atoms with Gasteiger partial charge < -0.3 is 9.88 Å². The molecule has 0 aromatic carbocycles. The van der Waals surface area contributed by atoms with E-state index in [4.69, 9.17) is 0 Å². The molecule has 0 saturated heterocycles. The van der Waals surface area contributed by atoms with Crippen LogP contribution in [0.15, 0.2) is 24.0 Å². The molecule has 2 aromatic rings. The number of hydrogen-bond acceptors (Lipinski definition) is 4. The highest BCUT2D eigenvalue weighted by atomic mass is 32.1. The fourth-order valence-electron chi connectivity index (χ4n) is 1.66. The maximum Gasteiger partial charge on any atom is 0.203 e. The largest absolute Gasteiger partial charge is 0.347 e. The third-order valence-corrected chi connectivity index (χ3v) is 3.59. The Kier molecular flexibility index (Phi) is 4.14. The van der Waals surface area contributed by atoms with Crippen LogP contribution in [0.25, 0.3) is 0 Å². The van der Waals surface area contributed by atoms with Crippen LogP contribution in [0, 0.1) is 0 Å². The molecule has 1 unspecified atom stereocenters. The van der Waals surface area contributed by atoms with Crippen LogP contribution in [-0.4, -0.2) is 14.5 Å².